The first kappa shape index (κ1) is 19.0. The SMILES string of the molecule is C#Cc1ccc2c(c1)c1ccccc1n2-c1nc(-c2ccccc2)nc(-c2ccccc2)n1. The fourth-order valence-corrected chi connectivity index (χ4v) is 4.18. The lowest BCUT2D eigenvalue weighted by Crippen LogP contribution is -2.06. The van der Waals surface area contributed by atoms with Gasteiger partial charge >= 0.3 is 0 Å². The third-order valence-corrected chi connectivity index (χ3v) is 5.73. The Morgan fingerprint density at radius 3 is 1.79 bits per heavy atom. The highest BCUT2D eigenvalue weighted by Gasteiger charge is 2.17. The Balaban J connectivity index is 1.69. The highest BCUT2D eigenvalue weighted by molar-refractivity contribution is 6.09. The summed E-state index contributed by atoms with van der Waals surface area (Å²) in [5.41, 5.74) is 4.74. The number of nitrogens with zero attached hydrogens (tertiary/aromatic N) is 4. The number of terminal acetylenes is 1. The maximum atomic E-state index is 5.68. The second kappa shape index (κ2) is 7.74. The maximum absolute atomic E-state index is 5.68. The summed E-state index contributed by atoms with van der Waals surface area (Å²) in [6.45, 7) is 0. The maximum Gasteiger partial charge on any atom is 0.238 e. The van der Waals surface area contributed by atoms with Crippen molar-refractivity contribution >= 4 is 21.8 Å². The van der Waals surface area contributed by atoms with Crippen molar-refractivity contribution in [3.8, 4) is 41.1 Å². The van der Waals surface area contributed by atoms with Gasteiger partial charge in [0.05, 0.1) is 11.0 Å². The van der Waals surface area contributed by atoms with E-state index < -0.39 is 0 Å². The lowest BCUT2D eigenvalue weighted by Gasteiger charge is -2.10. The zero-order valence-corrected chi connectivity index (χ0v) is 17.7. The topological polar surface area (TPSA) is 43.6 Å². The van der Waals surface area contributed by atoms with Gasteiger partial charge < -0.3 is 0 Å². The first-order valence-corrected chi connectivity index (χ1v) is 10.7. The van der Waals surface area contributed by atoms with E-state index in [0.29, 0.717) is 17.6 Å². The molecule has 0 aliphatic heterocycles. The summed E-state index contributed by atoms with van der Waals surface area (Å²) in [6.07, 6.45) is 5.68. The monoisotopic (exact) mass is 422 g/mol. The third kappa shape index (κ3) is 3.24. The molecule has 6 aromatic rings. The van der Waals surface area contributed by atoms with Crippen molar-refractivity contribution in [1.82, 2.24) is 19.5 Å². The Morgan fingerprint density at radius 1 is 0.576 bits per heavy atom. The number of fused-ring (bicyclic) bond motifs is 3. The second-order valence-corrected chi connectivity index (χ2v) is 7.74. The molecule has 4 heteroatoms. The van der Waals surface area contributed by atoms with Gasteiger partial charge in [0.2, 0.25) is 5.95 Å². The molecule has 0 radical (unpaired) electrons. The number of rotatable bonds is 3. The number of aromatic nitrogens is 4. The molecule has 0 atom stereocenters. The smallest absolute Gasteiger partial charge is 0.238 e. The van der Waals surface area contributed by atoms with Crippen LogP contribution in [0.5, 0.6) is 0 Å². The summed E-state index contributed by atoms with van der Waals surface area (Å²) in [7, 11) is 0. The molecule has 0 unspecified atom stereocenters. The molecule has 0 bridgehead atoms. The van der Waals surface area contributed by atoms with Crippen molar-refractivity contribution in [3.05, 3.63) is 109 Å². The molecular weight excluding hydrogens is 404 g/mol. The lowest BCUT2D eigenvalue weighted by atomic mass is 10.1. The number of hydrogen-bond acceptors (Lipinski definition) is 3. The highest BCUT2D eigenvalue weighted by atomic mass is 15.2. The van der Waals surface area contributed by atoms with Gasteiger partial charge in [-0.2, -0.15) is 9.97 Å². The molecule has 154 valence electrons. The minimum atomic E-state index is 0.572. The molecule has 0 saturated heterocycles. The van der Waals surface area contributed by atoms with E-state index in [1.807, 2.05) is 91.0 Å². The van der Waals surface area contributed by atoms with Crippen LogP contribution in [0.3, 0.4) is 0 Å². The Hall–Kier alpha value is -4.75. The van der Waals surface area contributed by atoms with Gasteiger partial charge in [-0.15, -0.1) is 6.42 Å². The molecule has 33 heavy (non-hydrogen) atoms. The number of benzene rings is 4. The standard InChI is InChI=1S/C29H18N4/c1-2-20-17-18-26-24(19-20)23-15-9-10-16-25(23)33(26)29-31-27(21-11-5-3-6-12-21)30-28(32-29)22-13-7-4-8-14-22/h1,3-19H. The van der Waals surface area contributed by atoms with Gasteiger partial charge in [0.15, 0.2) is 11.6 Å². The average molecular weight is 422 g/mol. The summed E-state index contributed by atoms with van der Waals surface area (Å²) in [4.78, 5) is 14.6. The molecule has 0 aliphatic carbocycles. The fourth-order valence-electron chi connectivity index (χ4n) is 4.18. The Kier molecular flexibility index (Phi) is 4.45. The Morgan fingerprint density at radius 2 is 1.15 bits per heavy atom. The first-order chi connectivity index (χ1) is 16.3. The van der Waals surface area contributed by atoms with E-state index in [9.17, 15) is 0 Å². The van der Waals surface area contributed by atoms with E-state index >= 15 is 0 Å². The van der Waals surface area contributed by atoms with Crippen LogP contribution in [-0.4, -0.2) is 19.5 Å². The summed E-state index contributed by atoms with van der Waals surface area (Å²) in [5, 5.41) is 2.18. The predicted molar refractivity (Wildman–Crippen MR) is 133 cm³/mol. The van der Waals surface area contributed by atoms with Crippen LogP contribution in [0, 0.1) is 12.3 Å². The Bertz CT molecular complexity index is 1600. The van der Waals surface area contributed by atoms with Gasteiger partial charge in [0, 0.05) is 27.5 Å². The van der Waals surface area contributed by atoms with Crippen molar-refractivity contribution in [3.63, 3.8) is 0 Å². The quantitative estimate of drug-likeness (QED) is 0.315. The van der Waals surface area contributed by atoms with Gasteiger partial charge in [0.25, 0.3) is 0 Å². The van der Waals surface area contributed by atoms with Crippen molar-refractivity contribution < 1.29 is 0 Å². The van der Waals surface area contributed by atoms with Crippen molar-refractivity contribution in [2.24, 2.45) is 0 Å². The Labute approximate surface area is 191 Å². The van der Waals surface area contributed by atoms with E-state index in [2.05, 4.69) is 22.6 Å². The summed E-state index contributed by atoms with van der Waals surface area (Å²) < 4.78 is 2.09. The van der Waals surface area contributed by atoms with Gasteiger partial charge in [-0.1, -0.05) is 84.8 Å². The van der Waals surface area contributed by atoms with Gasteiger partial charge in [0.1, 0.15) is 0 Å². The molecule has 2 aromatic heterocycles. The molecular formula is C29H18N4. The molecule has 4 nitrogen and oxygen atoms in total. The zero-order valence-electron chi connectivity index (χ0n) is 17.7. The first-order valence-electron chi connectivity index (χ1n) is 10.7. The van der Waals surface area contributed by atoms with Crippen LogP contribution < -0.4 is 0 Å². The second-order valence-electron chi connectivity index (χ2n) is 7.74. The predicted octanol–water partition coefficient (Wildman–Crippen LogP) is 6.28. The number of para-hydroxylation sites is 1. The molecule has 0 amide bonds. The molecule has 0 aliphatic rings. The van der Waals surface area contributed by atoms with E-state index in [1.165, 1.54) is 0 Å². The van der Waals surface area contributed by atoms with Crippen molar-refractivity contribution in [1.29, 1.82) is 0 Å². The lowest BCUT2D eigenvalue weighted by molar-refractivity contribution is 0.953. The number of hydrogen-bond donors (Lipinski definition) is 0. The minimum Gasteiger partial charge on any atom is -0.278 e. The van der Waals surface area contributed by atoms with Crippen LogP contribution in [0.25, 0.3) is 50.5 Å². The largest absolute Gasteiger partial charge is 0.278 e. The van der Waals surface area contributed by atoms with E-state index in [0.717, 1.165) is 38.5 Å². The van der Waals surface area contributed by atoms with Crippen LogP contribution in [0.2, 0.25) is 0 Å². The molecule has 0 fully saturated rings. The summed E-state index contributed by atoms with van der Waals surface area (Å²) in [6, 6.07) is 34.3. The summed E-state index contributed by atoms with van der Waals surface area (Å²) in [5.74, 6) is 4.58. The molecule has 4 aromatic carbocycles. The van der Waals surface area contributed by atoms with Crippen molar-refractivity contribution in [2.45, 2.75) is 0 Å². The van der Waals surface area contributed by atoms with Crippen LogP contribution in [0.4, 0.5) is 0 Å². The van der Waals surface area contributed by atoms with E-state index in [4.69, 9.17) is 21.4 Å². The molecule has 2 heterocycles. The fraction of sp³-hybridized carbons (Fsp3) is 0. The molecule has 0 N–H and O–H groups in total. The third-order valence-electron chi connectivity index (χ3n) is 5.73. The summed E-state index contributed by atoms with van der Waals surface area (Å²) >= 11 is 0. The highest BCUT2D eigenvalue weighted by Crippen LogP contribution is 2.32. The van der Waals surface area contributed by atoms with Crippen LogP contribution in [0.15, 0.2) is 103 Å². The van der Waals surface area contributed by atoms with Crippen LogP contribution in [-0.2, 0) is 0 Å². The van der Waals surface area contributed by atoms with Crippen molar-refractivity contribution in [2.75, 3.05) is 0 Å². The minimum absolute atomic E-state index is 0.572. The van der Waals surface area contributed by atoms with E-state index in [1.54, 1.807) is 0 Å². The van der Waals surface area contributed by atoms with Crippen LogP contribution in [0.1, 0.15) is 5.56 Å². The zero-order chi connectivity index (χ0) is 22.2. The van der Waals surface area contributed by atoms with Gasteiger partial charge in [-0.3, -0.25) is 4.57 Å². The molecule has 6 rings (SSSR count). The van der Waals surface area contributed by atoms with E-state index in [-0.39, 0.29) is 0 Å². The van der Waals surface area contributed by atoms with Gasteiger partial charge in [-0.25, -0.2) is 4.98 Å². The van der Waals surface area contributed by atoms with Gasteiger partial charge in [-0.05, 0) is 24.3 Å². The average Bonchev–Trinajstić information content (AvgIpc) is 3.23. The van der Waals surface area contributed by atoms with Crippen LogP contribution >= 0.6 is 0 Å². The molecule has 0 spiro atoms. The molecule has 0 saturated carbocycles. The normalized spacial score (nSPS) is 11.0.